The predicted octanol–water partition coefficient (Wildman–Crippen LogP) is 15.2. The Morgan fingerprint density at radius 2 is 0.857 bits per heavy atom. The van der Waals surface area contributed by atoms with Crippen molar-refractivity contribution in [2.24, 2.45) is 0 Å². The number of aromatic nitrogens is 4. The average molecular weight is 805 g/mol. The van der Waals surface area contributed by atoms with Gasteiger partial charge < -0.3 is 13.6 Å². The number of benzene rings is 9. The number of rotatable bonds is 6. The summed E-state index contributed by atoms with van der Waals surface area (Å²) in [6, 6.07) is 77.1. The third-order valence-electron chi connectivity index (χ3n) is 12.5. The molecule has 63 heavy (non-hydrogen) atoms. The van der Waals surface area contributed by atoms with Crippen LogP contribution in [0.3, 0.4) is 0 Å². The maximum Gasteiger partial charge on any atom is 0.161 e. The van der Waals surface area contributed by atoms with Crippen LogP contribution in [0.2, 0.25) is 0 Å². The number of hydrogen-bond donors (Lipinski definition) is 0. The van der Waals surface area contributed by atoms with E-state index in [0.717, 1.165) is 83.6 Å². The second-order valence-corrected chi connectivity index (χ2v) is 16.1. The molecule has 5 heteroatoms. The lowest BCUT2D eigenvalue weighted by Gasteiger charge is -2.12. The van der Waals surface area contributed by atoms with E-state index in [2.05, 4.69) is 209 Å². The van der Waals surface area contributed by atoms with E-state index < -0.39 is 0 Å². The fourth-order valence-electron chi connectivity index (χ4n) is 9.69. The zero-order valence-electron chi connectivity index (χ0n) is 34.0. The summed E-state index contributed by atoms with van der Waals surface area (Å²) in [4.78, 5) is 10.7. The second kappa shape index (κ2) is 14.0. The van der Waals surface area contributed by atoms with Gasteiger partial charge in [0.1, 0.15) is 5.58 Å². The molecule has 0 unspecified atom stereocenters. The smallest absolute Gasteiger partial charge is 0.161 e. The highest BCUT2D eigenvalue weighted by Gasteiger charge is 2.24. The van der Waals surface area contributed by atoms with E-state index in [9.17, 15) is 0 Å². The summed E-state index contributed by atoms with van der Waals surface area (Å²) in [5, 5.41) is 6.74. The van der Waals surface area contributed by atoms with Crippen LogP contribution in [0, 0.1) is 0 Å². The van der Waals surface area contributed by atoms with Gasteiger partial charge in [-0.15, -0.1) is 0 Å². The summed E-state index contributed by atoms with van der Waals surface area (Å²) < 4.78 is 12.0. The van der Waals surface area contributed by atoms with Crippen LogP contribution in [0.5, 0.6) is 0 Å². The molecule has 0 amide bonds. The lowest BCUT2D eigenvalue weighted by atomic mass is 9.97. The molecule has 0 aliphatic rings. The topological polar surface area (TPSA) is 48.8 Å². The van der Waals surface area contributed by atoms with Gasteiger partial charge in [0.25, 0.3) is 0 Å². The van der Waals surface area contributed by atoms with Crippen molar-refractivity contribution in [1.82, 2.24) is 19.1 Å². The molecule has 9 aromatic carbocycles. The van der Waals surface area contributed by atoms with Crippen LogP contribution >= 0.6 is 0 Å². The molecule has 0 radical (unpaired) electrons. The molecule has 0 saturated heterocycles. The van der Waals surface area contributed by atoms with Crippen LogP contribution in [0.25, 0.3) is 122 Å². The summed E-state index contributed by atoms with van der Waals surface area (Å²) in [5.74, 6) is 0.639. The van der Waals surface area contributed by atoms with Crippen LogP contribution in [-0.2, 0) is 0 Å². The first kappa shape index (κ1) is 35.2. The van der Waals surface area contributed by atoms with Crippen molar-refractivity contribution in [3.63, 3.8) is 0 Å². The average Bonchev–Trinajstić information content (AvgIpc) is 4.01. The molecule has 0 aliphatic carbocycles. The van der Waals surface area contributed by atoms with Gasteiger partial charge in [0.2, 0.25) is 0 Å². The molecule has 0 fully saturated rings. The highest BCUT2D eigenvalue weighted by atomic mass is 16.3. The van der Waals surface area contributed by atoms with Gasteiger partial charge in [-0.25, -0.2) is 9.97 Å². The van der Waals surface area contributed by atoms with Gasteiger partial charge in [-0.1, -0.05) is 158 Å². The molecule has 0 atom stereocenters. The van der Waals surface area contributed by atoms with Crippen molar-refractivity contribution in [3.8, 4) is 56.4 Å². The van der Waals surface area contributed by atoms with E-state index in [-0.39, 0.29) is 0 Å². The molecule has 0 aliphatic heterocycles. The zero-order valence-corrected chi connectivity index (χ0v) is 34.0. The monoisotopic (exact) mass is 804 g/mol. The lowest BCUT2D eigenvalue weighted by molar-refractivity contribution is 0.666. The summed E-state index contributed by atoms with van der Waals surface area (Å²) in [7, 11) is 0. The fourth-order valence-corrected chi connectivity index (χ4v) is 9.69. The first-order valence-electron chi connectivity index (χ1n) is 21.3. The van der Waals surface area contributed by atoms with Gasteiger partial charge in [-0.2, -0.15) is 0 Å². The van der Waals surface area contributed by atoms with Crippen molar-refractivity contribution >= 4 is 65.6 Å². The van der Waals surface area contributed by atoms with Crippen molar-refractivity contribution in [3.05, 3.63) is 218 Å². The van der Waals surface area contributed by atoms with Crippen LogP contribution in [0.1, 0.15) is 0 Å². The first-order chi connectivity index (χ1) is 31.2. The quantitative estimate of drug-likeness (QED) is 0.168. The van der Waals surface area contributed by atoms with Gasteiger partial charge in [-0.3, -0.25) is 0 Å². The van der Waals surface area contributed by atoms with Crippen molar-refractivity contribution < 1.29 is 4.42 Å². The van der Waals surface area contributed by atoms with E-state index in [4.69, 9.17) is 14.4 Å². The van der Waals surface area contributed by atoms with Gasteiger partial charge >= 0.3 is 0 Å². The molecule has 0 spiro atoms. The van der Waals surface area contributed by atoms with E-state index >= 15 is 0 Å². The molecular formula is C58H36N4O. The van der Waals surface area contributed by atoms with E-state index in [0.29, 0.717) is 5.82 Å². The Morgan fingerprint density at radius 3 is 1.48 bits per heavy atom. The number of furan rings is 1. The maximum atomic E-state index is 7.20. The molecule has 5 nitrogen and oxygen atoms in total. The Bertz CT molecular complexity index is 3830. The summed E-state index contributed by atoms with van der Waals surface area (Å²) in [5.41, 5.74) is 15.1. The molecule has 294 valence electrons. The molecule has 0 saturated carbocycles. The summed E-state index contributed by atoms with van der Waals surface area (Å²) in [6.07, 6.45) is 0. The number of fused-ring (bicyclic) bond motifs is 9. The van der Waals surface area contributed by atoms with Crippen molar-refractivity contribution in [1.29, 1.82) is 0 Å². The largest absolute Gasteiger partial charge is 0.454 e. The molecule has 4 heterocycles. The van der Waals surface area contributed by atoms with E-state index in [1.54, 1.807) is 0 Å². The molecule has 4 aromatic heterocycles. The Labute approximate surface area is 362 Å². The third kappa shape index (κ3) is 5.57. The highest BCUT2D eigenvalue weighted by molar-refractivity contribution is 6.20. The van der Waals surface area contributed by atoms with Crippen LogP contribution < -0.4 is 0 Å². The summed E-state index contributed by atoms with van der Waals surface area (Å²) in [6.45, 7) is 0. The minimum Gasteiger partial charge on any atom is -0.454 e. The summed E-state index contributed by atoms with van der Waals surface area (Å²) >= 11 is 0. The van der Waals surface area contributed by atoms with Crippen molar-refractivity contribution in [2.45, 2.75) is 0 Å². The van der Waals surface area contributed by atoms with Gasteiger partial charge in [0, 0.05) is 54.7 Å². The Hall–Kier alpha value is -8.54. The van der Waals surface area contributed by atoms with E-state index in [1.807, 2.05) is 18.2 Å². The number of hydrogen-bond acceptors (Lipinski definition) is 3. The fraction of sp³-hybridized carbons (Fsp3) is 0. The predicted molar refractivity (Wildman–Crippen MR) is 260 cm³/mol. The molecule has 13 aromatic rings. The lowest BCUT2D eigenvalue weighted by Crippen LogP contribution is -1.97. The third-order valence-corrected chi connectivity index (χ3v) is 12.5. The first-order valence-corrected chi connectivity index (χ1v) is 21.3. The van der Waals surface area contributed by atoms with Crippen molar-refractivity contribution in [2.75, 3.05) is 0 Å². The standard InChI is InChI=1S/C58H36N4O/c1-5-18-37(19-6-1)40-32-47(58-59-48(38-20-7-2-8-21-38)36-49(60-58)39-22-9-3-10-23-39)56-44-28-17-31-52(57(44)63-55(56)33-40)62-51-30-16-14-27-43(51)46-34-53-45(35-54(46)62)42-26-13-15-29-50(42)61(53)41-24-11-4-12-25-41/h1-36H. The molecule has 0 N–H and O–H groups in total. The molecule has 0 bridgehead atoms. The molecular weight excluding hydrogens is 769 g/mol. The minimum atomic E-state index is 0.639. The highest BCUT2D eigenvalue weighted by Crippen LogP contribution is 2.45. The van der Waals surface area contributed by atoms with Gasteiger partial charge in [0.05, 0.1) is 39.1 Å². The Kier molecular flexibility index (Phi) is 7.84. The maximum absolute atomic E-state index is 7.20. The minimum absolute atomic E-state index is 0.639. The Balaban J connectivity index is 1.11. The normalized spacial score (nSPS) is 11.8. The molecule has 13 rings (SSSR count). The number of nitrogens with zero attached hydrogens (tertiary/aromatic N) is 4. The number of para-hydroxylation sites is 4. The second-order valence-electron chi connectivity index (χ2n) is 16.1. The van der Waals surface area contributed by atoms with E-state index in [1.165, 1.54) is 32.6 Å². The van der Waals surface area contributed by atoms with Gasteiger partial charge in [0.15, 0.2) is 11.4 Å². The van der Waals surface area contributed by atoms with Crippen LogP contribution in [0.15, 0.2) is 223 Å². The van der Waals surface area contributed by atoms with Crippen LogP contribution in [-0.4, -0.2) is 19.1 Å². The Morgan fingerprint density at radius 1 is 0.349 bits per heavy atom. The zero-order chi connectivity index (χ0) is 41.4. The SMILES string of the molecule is c1ccc(-c2cc(-c3nc(-c4ccccc4)cc(-c4ccccc4)n3)c3c(c2)oc2c(-n4c5ccccc5c5cc6c(cc54)c4ccccc4n6-c4ccccc4)cccc23)cc1. The van der Waals surface area contributed by atoms with Crippen LogP contribution in [0.4, 0.5) is 0 Å². The van der Waals surface area contributed by atoms with Gasteiger partial charge in [-0.05, 0) is 71.8 Å².